The average molecular weight is 222 g/mol. The summed E-state index contributed by atoms with van der Waals surface area (Å²) in [5.41, 5.74) is 0. The standard InChI is InChI=1S/C11H14N2OS/c1-8-3-4-10(14-8)7-13-9(2)11-12-5-6-15-11/h3-6,9,13H,7H2,1-2H3. The van der Waals surface area contributed by atoms with E-state index < -0.39 is 0 Å². The molecule has 2 aromatic heterocycles. The highest BCUT2D eigenvalue weighted by Crippen LogP contribution is 2.15. The van der Waals surface area contributed by atoms with Gasteiger partial charge in [-0.05, 0) is 26.0 Å². The molecule has 1 unspecified atom stereocenters. The lowest BCUT2D eigenvalue weighted by molar-refractivity contribution is 0.444. The first kappa shape index (κ1) is 10.4. The zero-order valence-corrected chi connectivity index (χ0v) is 9.67. The molecule has 0 fully saturated rings. The van der Waals surface area contributed by atoms with Crippen LogP contribution in [0.1, 0.15) is 29.5 Å². The van der Waals surface area contributed by atoms with E-state index in [1.165, 1.54) is 0 Å². The van der Waals surface area contributed by atoms with Gasteiger partial charge in [0, 0.05) is 11.6 Å². The van der Waals surface area contributed by atoms with Crippen LogP contribution in [0.5, 0.6) is 0 Å². The summed E-state index contributed by atoms with van der Waals surface area (Å²) < 4.78 is 5.47. The fourth-order valence-electron chi connectivity index (χ4n) is 1.37. The van der Waals surface area contributed by atoms with Gasteiger partial charge in [0.2, 0.25) is 0 Å². The van der Waals surface area contributed by atoms with Gasteiger partial charge in [-0.3, -0.25) is 0 Å². The molecule has 0 spiro atoms. The van der Waals surface area contributed by atoms with E-state index in [2.05, 4.69) is 17.2 Å². The quantitative estimate of drug-likeness (QED) is 0.864. The van der Waals surface area contributed by atoms with E-state index in [1.54, 1.807) is 11.3 Å². The monoisotopic (exact) mass is 222 g/mol. The number of thiazole rings is 1. The largest absolute Gasteiger partial charge is 0.465 e. The van der Waals surface area contributed by atoms with Crippen LogP contribution in [-0.4, -0.2) is 4.98 Å². The number of hydrogen-bond acceptors (Lipinski definition) is 4. The van der Waals surface area contributed by atoms with Gasteiger partial charge in [0.25, 0.3) is 0 Å². The molecule has 2 aromatic rings. The average Bonchev–Trinajstić information content (AvgIpc) is 2.84. The Morgan fingerprint density at radius 3 is 3.00 bits per heavy atom. The lowest BCUT2D eigenvalue weighted by Gasteiger charge is -2.09. The minimum atomic E-state index is 0.274. The van der Waals surface area contributed by atoms with Crippen LogP contribution < -0.4 is 5.32 Å². The molecule has 0 aliphatic carbocycles. The maximum atomic E-state index is 5.47. The minimum Gasteiger partial charge on any atom is -0.465 e. The van der Waals surface area contributed by atoms with Crippen molar-refractivity contribution in [2.75, 3.05) is 0 Å². The predicted molar refractivity (Wildman–Crippen MR) is 60.8 cm³/mol. The summed E-state index contributed by atoms with van der Waals surface area (Å²) in [6.07, 6.45) is 1.83. The molecule has 4 heteroatoms. The molecule has 0 saturated heterocycles. The summed E-state index contributed by atoms with van der Waals surface area (Å²) in [6, 6.07) is 4.25. The Kier molecular flexibility index (Phi) is 3.18. The third-order valence-corrected chi connectivity index (χ3v) is 3.16. The van der Waals surface area contributed by atoms with Gasteiger partial charge >= 0.3 is 0 Å². The van der Waals surface area contributed by atoms with Gasteiger partial charge in [-0.25, -0.2) is 4.98 Å². The molecule has 2 heterocycles. The first-order chi connectivity index (χ1) is 7.25. The Labute approximate surface area is 93.2 Å². The van der Waals surface area contributed by atoms with Crippen molar-refractivity contribution < 1.29 is 4.42 Å². The number of hydrogen-bond donors (Lipinski definition) is 1. The summed E-state index contributed by atoms with van der Waals surface area (Å²) in [5.74, 6) is 1.92. The van der Waals surface area contributed by atoms with Crippen LogP contribution in [0.15, 0.2) is 28.1 Å². The predicted octanol–water partition coefficient (Wildman–Crippen LogP) is 2.90. The van der Waals surface area contributed by atoms with E-state index >= 15 is 0 Å². The third-order valence-electron chi connectivity index (χ3n) is 2.20. The van der Waals surface area contributed by atoms with Crippen LogP contribution in [0.4, 0.5) is 0 Å². The van der Waals surface area contributed by atoms with E-state index in [9.17, 15) is 0 Å². The van der Waals surface area contributed by atoms with Gasteiger partial charge < -0.3 is 9.73 Å². The third kappa shape index (κ3) is 2.67. The molecule has 0 saturated carbocycles. The molecule has 0 bridgehead atoms. The number of rotatable bonds is 4. The van der Waals surface area contributed by atoms with Crippen LogP contribution >= 0.6 is 11.3 Å². The fraction of sp³-hybridized carbons (Fsp3) is 0.364. The molecule has 3 nitrogen and oxygen atoms in total. The molecule has 0 aromatic carbocycles. The summed E-state index contributed by atoms with van der Waals surface area (Å²) >= 11 is 1.67. The van der Waals surface area contributed by atoms with E-state index in [-0.39, 0.29) is 6.04 Å². The molecule has 0 aliphatic rings. The van der Waals surface area contributed by atoms with Crippen molar-refractivity contribution in [3.8, 4) is 0 Å². The minimum absolute atomic E-state index is 0.274. The lowest BCUT2D eigenvalue weighted by Crippen LogP contribution is -2.17. The first-order valence-electron chi connectivity index (χ1n) is 4.94. The molecule has 80 valence electrons. The molecule has 2 rings (SSSR count). The normalized spacial score (nSPS) is 12.9. The Morgan fingerprint density at radius 2 is 2.40 bits per heavy atom. The Morgan fingerprint density at radius 1 is 1.53 bits per heavy atom. The smallest absolute Gasteiger partial charge is 0.117 e. The number of nitrogens with one attached hydrogen (secondary N) is 1. The highest BCUT2D eigenvalue weighted by Gasteiger charge is 2.07. The maximum Gasteiger partial charge on any atom is 0.117 e. The van der Waals surface area contributed by atoms with Crippen molar-refractivity contribution in [3.05, 3.63) is 40.2 Å². The number of aromatic nitrogens is 1. The Balaban J connectivity index is 1.88. The van der Waals surface area contributed by atoms with Crippen LogP contribution in [0, 0.1) is 6.92 Å². The van der Waals surface area contributed by atoms with E-state index in [4.69, 9.17) is 4.42 Å². The van der Waals surface area contributed by atoms with Gasteiger partial charge in [-0.2, -0.15) is 0 Å². The molecule has 0 radical (unpaired) electrons. The summed E-state index contributed by atoms with van der Waals surface area (Å²) in [6.45, 7) is 4.80. The highest BCUT2D eigenvalue weighted by molar-refractivity contribution is 7.09. The van der Waals surface area contributed by atoms with E-state index in [0.29, 0.717) is 0 Å². The molecular weight excluding hydrogens is 208 g/mol. The fourth-order valence-corrected chi connectivity index (χ4v) is 2.04. The summed E-state index contributed by atoms with van der Waals surface area (Å²) in [7, 11) is 0. The molecule has 15 heavy (non-hydrogen) atoms. The van der Waals surface area contributed by atoms with Crippen molar-refractivity contribution in [3.63, 3.8) is 0 Å². The Hall–Kier alpha value is -1.13. The van der Waals surface area contributed by atoms with Crippen molar-refractivity contribution >= 4 is 11.3 Å². The maximum absolute atomic E-state index is 5.47. The zero-order chi connectivity index (χ0) is 10.7. The van der Waals surface area contributed by atoms with Gasteiger partial charge in [0.05, 0.1) is 12.6 Å². The number of nitrogens with zero attached hydrogens (tertiary/aromatic N) is 1. The van der Waals surface area contributed by atoms with Gasteiger partial charge in [0.15, 0.2) is 0 Å². The molecular formula is C11H14N2OS. The van der Waals surface area contributed by atoms with Crippen molar-refractivity contribution in [2.45, 2.75) is 26.4 Å². The van der Waals surface area contributed by atoms with Crippen molar-refractivity contribution in [1.29, 1.82) is 0 Å². The van der Waals surface area contributed by atoms with Crippen LogP contribution in [-0.2, 0) is 6.54 Å². The summed E-state index contributed by atoms with van der Waals surface area (Å²) in [5, 5.41) is 6.47. The molecule has 1 N–H and O–H groups in total. The second-order valence-electron chi connectivity index (χ2n) is 3.49. The van der Waals surface area contributed by atoms with E-state index in [1.807, 2.05) is 30.6 Å². The summed E-state index contributed by atoms with van der Waals surface area (Å²) in [4.78, 5) is 4.26. The second-order valence-corrected chi connectivity index (χ2v) is 4.41. The number of aryl methyl sites for hydroxylation is 1. The van der Waals surface area contributed by atoms with Crippen LogP contribution in [0.3, 0.4) is 0 Å². The van der Waals surface area contributed by atoms with Gasteiger partial charge in [-0.1, -0.05) is 0 Å². The zero-order valence-electron chi connectivity index (χ0n) is 8.86. The highest BCUT2D eigenvalue weighted by atomic mass is 32.1. The van der Waals surface area contributed by atoms with Gasteiger partial charge in [0.1, 0.15) is 16.5 Å². The lowest BCUT2D eigenvalue weighted by atomic mass is 10.3. The second kappa shape index (κ2) is 4.59. The van der Waals surface area contributed by atoms with Crippen LogP contribution in [0.25, 0.3) is 0 Å². The number of furan rings is 1. The van der Waals surface area contributed by atoms with E-state index in [0.717, 1.165) is 23.1 Å². The topological polar surface area (TPSA) is 38.1 Å². The first-order valence-corrected chi connectivity index (χ1v) is 5.82. The van der Waals surface area contributed by atoms with Crippen molar-refractivity contribution in [1.82, 2.24) is 10.3 Å². The van der Waals surface area contributed by atoms with Gasteiger partial charge in [-0.15, -0.1) is 11.3 Å². The Bertz CT molecular complexity index is 408. The molecule has 0 aliphatic heterocycles. The SMILES string of the molecule is Cc1ccc(CNC(C)c2nccs2)o1. The molecule has 1 atom stereocenters. The van der Waals surface area contributed by atoms with Crippen molar-refractivity contribution in [2.24, 2.45) is 0 Å². The van der Waals surface area contributed by atoms with Crippen LogP contribution in [0.2, 0.25) is 0 Å². The molecule has 0 amide bonds.